The van der Waals surface area contributed by atoms with Crippen LogP contribution in [0.4, 0.5) is 18.0 Å². The predicted molar refractivity (Wildman–Crippen MR) is 107 cm³/mol. The number of piperidine rings is 1. The normalized spacial score (nSPS) is 20.2. The summed E-state index contributed by atoms with van der Waals surface area (Å²) in [6.45, 7) is 2.56. The second-order valence-corrected chi connectivity index (χ2v) is 8.26. The topological polar surface area (TPSA) is 41.6 Å². The molecule has 1 heterocycles. The molecule has 1 aliphatic carbocycles. The number of para-hydroxylation sites is 1. The van der Waals surface area contributed by atoms with Gasteiger partial charge in [0.1, 0.15) is 5.75 Å². The summed E-state index contributed by atoms with van der Waals surface area (Å²) in [5, 5.41) is 3.31. The maximum Gasteiger partial charge on any atom is 0.416 e. The Morgan fingerprint density at radius 1 is 1.10 bits per heavy atom. The molecule has 4 nitrogen and oxygen atoms in total. The molecule has 1 unspecified atom stereocenters. The van der Waals surface area contributed by atoms with Gasteiger partial charge in [-0.2, -0.15) is 13.2 Å². The van der Waals surface area contributed by atoms with Crippen LogP contribution < -0.4 is 10.1 Å². The molecule has 1 saturated carbocycles. The van der Waals surface area contributed by atoms with Gasteiger partial charge in [0.2, 0.25) is 0 Å². The van der Waals surface area contributed by atoms with Gasteiger partial charge in [-0.3, -0.25) is 0 Å². The summed E-state index contributed by atoms with van der Waals surface area (Å²) in [6, 6.07) is 14.5. The van der Waals surface area contributed by atoms with Gasteiger partial charge in [0.05, 0.1) is 5.56 Å². The molecule has 4 rings (SSSR count). The van der Waals surface area contributed by atoms with Crippen molar-refractivity contribution in [1.82, 2.24) is 10.2 Å². The van der Waals surface area contributed by atoms with Gasteiger partial charge in [0.25, 0.3) is 0 Å². The number of rotatable bonds is 5. The first-order valence-electron chi connectivity index (χ1n) is 10.2. The quantitative estimate of drug-likeness (QED) is 0.735. The zero-order valence-electron chi connectivity index (χ0n) is 16.6. The van der Waals surface area contributed by atoms with E-state index < -0.39 is 11.7 Å². The van der Waals surface area contributed by atoms with Crippen molar-refractivity contribution in [3.8, 4) is 5.75 Å². The van der Waals surface area contributed by atoms with Gasteiger partial charge < -0.3 is 15.0 Å². The van der Waals surface area contributed by atoms with E-state index in [-0.39, 0.29) is 11.5 Å². The number of carbonyl (C=O) groups is 1. The fraction of sp³-hybridized carbons (Fsp3) is 0.435. The minimum absolute atomic E-state index is 0.254. The van der Waals surface area contributed by atoms with Gasteiger partial charge in [-0.15, -0.1) is 0 Å². The highest BCUT2D eigenvalue weighted by Crippen LogP contribution is 2.59. The van der Waals surface area contributed by atoms with Crippen molar-refractivity contribution in [2.45, 2.75) is 32.0 Å². The van der Waals surface area contributed by atoms with Crippen molar-refractivity contribution in [3.63, 3.8) is 0 Å². The lowest BCUT2D eigenvalue weighted by Crippen LogP contribution is -2.41. The number of carbonyl (C=O) groups excluding carboxylic acids is 1. The molecular weight excluding hydrogens is 393 g/mol. The van der Waals surface area contributed by atoms with Crippen LogP contribution in [0.5, 0.6) is 5.75 Å². The molecule has 0 bridgehead atoms. The first-order valence-corrected chi connectivity index (χ1v) is 10.2. The van der Waals surface area contributed by atoms with E-state index in [1.54, 1.807) is 23.1 Å². The van der Waals surface area contributed by atoms with Crippen LogP contribution in [0.3, 0.4) is 0 Å². The lowest BCUT2D eigenvalue weighted by molar-refractivity contribution is -0.137. The number of hydrogen-bond acceptors (Lipinski definition) is 3. The lowest BCUT2D eigenvalue weighted by Gasteiger charge is -2.32. The predicted octanol–water partition coefficient (Wildman–Crippen LogP) is 5.10. The maximum atomic E-state index is 12.8. The first-order chi connectivity index (χ1) is 14.4. The van der Waals surface area contributed by atoms with E-state index in [0.717, 1.165) is 31.9 Å². The largest absolute Gasteiger partial charge is 0.416 e. The van der Waals surface area contributed by atoms with Crippen molar-refractivity contribution in [3.05, 3.63) is 65.7 Å². The summed E-state index contributed by atoms with van der Waals surface area (Å²) in [6.07, 6.45) is -1.65. The van der Waals surface area contributed by atoms with Crippen molar-refractivity contribution in [2.24, 2.45) is 11.3 Å². The van der Waals surface area contributed by atoms with Gasteiger partial charge >= 0.3 is 12.3 Å². The summed E-state index contributed by atoms with van der Waals surface area (Å²) in [4.78, 5) is 14.1. The van der Waals surface area contributed by atoms with E-state index in [1.807, 2.05) is 18.2 Å². The average Bonchev–Trinajstić information content (AvgIpc) is 3.40. The van der Waals surface area contributed by atoms with Crippen molar-refractivity contribution < 1.29 is 22.7 Å². The number of amides is 1. The highest BCUT2D eigenvalue weighted by Gasteiger charge is 2.54. The number of nitrogens with zero attached hydrogens (tertiary/aromatic N) is 1. The van der Waals surface area contributed by atoms with Crippen LogP contribution >= 0.6 is 0 Å². The van der Waals surface area contributed by atoms with Crippen LogP contribution in [0, 0.1) is 11.3 Å². The minimum atomic E-state index is -4.31. The number of ether oxygens (including phenoxy) is 1. The number of benzene rings is 2. The fourth-order valence-corrected chi connectivity index (χ4v) is 4.37. The average molecular weight is 418 g/mol. The number of halogens is 3. The monoisotopic (exact) mass is 418 g/mol. The van der Waals surface area contributed by atoms with E-state index in [4.69, 9.17) is 4.74 Å². The molecule has 1 saturated heterocycles. The molecule has 0 aromatic heterocycles. The third-order valence-corrected chi connectivity index (χ3v) is 6.30. The summed E-state index contributed by atoms with van der Waals surface area (Å²) in [5.74, 6) is 1.06. The molecule has 30 heavy (non-hydrogen) atoms. The van der Waals surface area contributed by atoms with Crippen LogP contribution in [-0.4, -0.2) is 30.6 Å². The van der Waals surface area contributed by atoms with Crippen molar-refractivity contribution >= 4 is 6.09 Å². The lowest BCUT2D eigenvalue weighted by atomic mass is 9.91. The number of alkyl halides is 3. The zero-order valence-corrected chi connectivity index (χ0v) is 16.6. The summed E-state index contributed by atoms with van der Waals surface area (Å²) < 4.78 is 43.9. The summed E-state index contributed by atoms with van der Waals surface area (Å²) in [5.41, 5.74) is 0.280. The molecule has 7 heteroatoms. The number of nitrogens with one attached hydrogen (secondary N) is 1. The number of likely N-dealkylation sites (tertiary alicyclic amines) is 1. The van der Waals surface area contributed by atoms with Gasteiger partial charge in [0, 0.05) is 19.6 Å². The highest BCUT2D eigenvalue weighted by molar-refractivity contribution is 5.70. The van der Waals surface area contributed by atoms with E-state index in [1.165, 1.54) is 12.1 Å². The first kappa shape index (κ1) is 20.7. The summed E-state index contributed by atoms with van der Waals surface area (Å²) in [7, 11) is 0. The third kappa shape index (κ3) is 4.78. The van der Waals surface area contributed by atoms with Crippen LogP contribution in [0.1, 0.15) is 30.4 Å². The molecular formula is C23H25F3N2O2. The molecule has 1 atom stereocenters. The molecule has 160 valence electrons. The Labute approximate surface area is 174 Å². The molecule has 2 aliphatic rings. The number of hydrogen-bond donors (Lipinski definition) is 1. The maximum absolute atomic E-state index is 12.8. The Kier molecular flexibility index (Phi) is 5.73. The second-order valence-electron chi connectivity index (χ2n) is 8.26. The Bertz CT molecular complexity index is 878. The molecule has 2 fully saturated rings. The van der Waals surface area contributed by atoms with Gasteiger partial charge in [-0.05, 0) is 60.9 Å². The van der Waals surface area contributed by atoms with E-state index in [9.17, 15) is 18.0 Å². The van der Waals surface area contributed by atoms with Gasteiger partial charge in [0.15, 0.2) is 0 Å². The molecule has 0 radical (unpaired) electrons. The molecule has 2 aromatic rings. The van der Waals surface area contributed by atoms with Gasteiger partial charge in [-0.25, -0.2) is 4.79 Å². The van der Waals surface area contributed by atoms with Crippen molar-refractivity contribution in [2.75, 3.05) is 19.6 Å². The fourth-order valence-electron chi connectivity index (χ4n) is 4.37. The minimum Gasteiger partial charge on any atom is -0.410 e. The van der Waals surface area contributed by atoms with E-state index in [2.05, 4.69) is 5.32 Å². The molecule has 2 aromatic carbocycles. The third-order valence-electron chi connectivity index (χ3n) is 6.30. The van der Waals surface area contributed by atoms with E-state index in [0.29, 0.717) is 36.9 Å². The van der Waals surface area contributed by atoms with Crippen LogP contribution in [-0.2, 0) is 12.7 Å². The molecule has 1 amide bonds. The summed E-state index contributed by atoms with van der Waals surface area (Å²) >= 11 is 0. The molecule has 1 aliphatic heterocycles. The smallest absolute Gasteiger partial charge is 0.410 e. The molecule has 1 N–H and O–H groups in total. The van der Waals surface area contributed by atoms with Gasteiger partial charge in [-0.1, -0.05) is 36.4 Å². The van der Waals surface area contributed by atoms with E-state index >= 15 is 0 Å². The Balaban J connectivity index is 1.20. The highest BCUT2D eigenvalue weighted by atomic mass is 19.4. The SMILES string of the molecule is O=C(Oc1ccccc1)N1CCC2(CC1)CC2CNCc1cccc(C(F)(F)F)c1. The Morgan fingerprint density at radius 2 is 1.83 bits per heavy atom. The zero-order chi connectivity index (χ0) is 21.2. The Hall–Kier alpha value is -2.54. The van der Waals surface area contributed by atoms with Crippen LogP contribution in [0.2, 0.25) is 0 Å². The second kappa shape index (κ2) is 8.30. The van der Waals surface area contributed by atoms with Crippen molar-refractivity contribution in [1.29, 1.82) is 0 Å². The van der Waals surface area contributed by atoms with Crippen LogP contribution in [0.15, 0.2) is 54.6 Å². The standard InChI is InChI=1S/C23H25F3N2O2/c24-23(25,26)18-6-4-5-17(13-18)15-27-16-19-14-22(19)9-11-28(12-10-22)21(29)30-20-7-2-1-3-8-20/h1-8,13,19,27H,9-12,14-16H2. The Morgan fingerprint density at radius 3 is 2.53 bits per heavy atom. The van der Waals surface area contributed by atoms with Crippen LogP contribution in [0.25, 0.3) is 0 Å². The molecule has 1 spiro atoms.